The number of benzene rings is 2. The monoisotopic (exact) mass is 436 g/mol. The van der Waals surface area contributed by atoms with E-state index in [0.29, 0.717) is 43.3 Å². The molecule has 3 aromatic rings. The zero-order chi connectivity index (χ0) is 22.2. The van der Waals surface area contributed by atoms with Gasteiger partial charge in [-0.1, -0.05) is 30.3 Å². The zero-order valence-corrected chi connectivity index (χ0v) is 17.7. The molecule has 0 spiro atoms. The molecule has 0 atom stereocenters. The van der Waals surface area contributed by atoms with E-state index < -0.39 is 0 Å². The maximum Gasteiger partial charge on any atom is 0.225 e. The van der Waals surface area contributed by atoms with Crippen molar-refractivity contribution in [1.29, 1.82) is 0 Å². The number of fused-ring (bicyclic) bond motifs is 2. The average Bonchev–Trinajstić information content (AvgIpc) is 3.35. The van der Waals surface area contributed by atoms with Crippen LogP contribution in [-0.2, 0) is 11.2 Å². The Hall–Kier alpha value is -4.26. The summed E-state index contributed by atoms with van der Waals surface area (Å²) in [6.07, 6.45) is 4.76. The predicted octanol–water partition coefficient (Wildman–Crippen LogP) is 4.44. The molecule has 0 radical (unpaired) electrons. The van der Waals surface area contributed by atoms with Gasteiger partial charge in [0.2, 0.25) is 5.91 Å². The second-order valence-electron chi connectivity index (χ2n) is 8.01. The van der Waals surface area contributed by atoms with Crippen molar-refractivity contribution in [3.8, 4) is 17.2 Å². The number of anilines is 1. The van der Waals surface area contributed by atoms with Crippen LogP contribution in [0.5, 0.6) is 17.2 Å². The average molecular weight is 436 g/mol. The Balaban J connectivity index is 1.26. The highest BCUT2D eigenvalue weighted by molar-refractivity contribution is 6.18. The Labute approximate surface area is 190 Å². The number of carbonyl (C=O) groups excluding carboxylic acids is 1. The predicted molar refractivity (Wildman–Crippen MR) is 126 cm³/mol. The lowest BCUT2D eigenvalue weighted by Crippen LogP contribution is -2.20. The van der Waals surface area contributed by atoms with Gasteiger partial charge in [0, 0.05) is 34.9 Å². The van der Waals surface area contributed by atoms with E-state index in [4.69, 9.17) is 14.5 Å². The molecule has 0 unspecified atom stereocenters. The second kappa shape index (κ2) is 8.02. The van der Waals surface area contributed by atoms with Gasteiger partial charge in [0.15, 0.2) is 5.84 Å². The van der Waals surface area contributed by atoms with E-state index in [0.717, 1.165) is 39.6 Å². The maximum atomic E-state index is 11.7. The molecule has 33 heavy (non-hydrogen) atoms. The molecule has 3 aliphatic rings. The van der Waals surface area contributed by atoms with Crippen LogP contribution in [0.15, 0.2) is 76.4 Å². The van der Waals surface area contributed by atoms with Crippen LogP contribution in [-0.4, -0.2) is 35.6 Å². The van der Waals surface area contributed by atoms with Crippen molar-refractivity contribution in [1.82, 2.24) is 4.98 Å². The van der Waals surface area contributed by atoms with Gasteiger partial charge in [-0.2, -0.15) is 0 Å². The molecule has 7 heteroatoms. The Bertz CT molecular complexity index is 1360. The van der Waals surface area contributed by atoms with Gasteiger partial charge in [-0.15, -0.1) is 0 Å². The van der Waals surface area contributed by atoms with Gasteiger partial charge in [-0.3, -0.25) is 9.79 Å². The number of aliphatic imine (C=N–C) groups is 2. The highest BCUT2D eigenvalue weighted by Gasteiger charge is 2.22. The molecule has 0 aliphatic carbocycles. The molecule has 0 fully saturated rings. The Morgan fingerprint density at radius 3 is 2.85 bits per heavy atom. The first kappa shape index (κ1) is 19.4. The van der Waals surface area contributed by atoms with E-state index in [1.165, 1.54) is 0 Å². The number of hydrogen-bond donors (Lipinski definition) is 1. The third kappa shape index (κ3) is 3.78. The summed E-state index contributed by atoms with van der Waals surface area (Å²) in [5, 5.41) is 2.80. The Morgan fingerprint density at radius 1 is 1.03 bits per heavy atom. The topological polar surface area (TPSA) is 85.2 Å². The number of pyridine rings is 1. The molecule has 0 saturated heterocycles. The summed E-state index contributed by atoms with van der Waals surface area (Å²) in [7, 11) is 0. The van der Waals surface area contributed by atoms with Crippen molar-refractivity contribution in [3.05, 3.63) is 83.1 Å². The largest absolute Gasteiger partial charge is 0.488 e. The molecule has 0 saturated carbocycles. The minimum Gasteiger partial charge on any atom is -0.488 e. The molecule has 0 bridgehead atoms. The van der Waals surface area contributed by atoms with Crippen molar-refractivity contribution >= 4 is 29.3 Å². The van der Waals surface area contributed by atoms with Crippen LogP contribution >= 0.6 is 0 Å². The van der Waals surface area contributed by atoms with Crippen LogP contribution < -0.4 is 14.8 Å². The van der Waals surface area contributed by atoms with Crippen molar-refractivity contribution in [2.45, 2.75) is 12.8 Å². The Kier molecular flexibility index (Phi) is 4.72. The normalized spacial score (nSPS) is 16.5. The van der Waals surface area contributed by atoms with E-state index in [1.807, 2.05) is 54.6 Å². The van der Waals surface area contributed by atoms with Gasteiger partial charge < -0.3 is 14.8 Å². The van der Waals surface area contributed by atoms with Crippen LogP contribution in [0, 0.1) is 0 Å². The first-order chi connectivity index (χ1) is 16.2. The maximum absolute atomic E-state index is 11.7. The van der Waals surface area contributed by atoms with Gasteiger partial charge >= 0.3 is 0 Å². The minimum atomic E-state index is -0.0232. The molecule has 162 valence electrons. The van der Waals surface area contributed by atoms with E-state index in [9.17, 15) is 4.79 Å². The second-order valence-corrected chi connectivity index (χ2v) is 8.01. The van der Waals surface area contributed by atoms with Crippen LogP contribution in [0.2, 0.25) is 0 Å². The first-order valence-electron chi connectivity index (χ1n) is 10.8. The van der Waals surface area contributed by atoms with Crippen LogP contribution in [0.1, 0.15) is 23.1 Å². The molecule has 1 amide bonds. The third-order valence-corrected chi connectivity index (χ3v) is 5.82. The molecule has 6 rings (SSSR count). The third-order valence-electron chi connectivity index (χ3n) is 5.82. The molecular weight excluding hydrogens is 416 g/mol. The SMILES string of the molecule is O=C1CCc2c(Oc3ccc4c(c3)C=C(C3=NC(c5ccccc5)=NC3)CO4)ccnc2N1. The van der Waals surface area contributed by atoms with E-state index in [1.54, 1.807) is 6.20 Å². The molecular formula is C26H20N4O3. The van der Waals surface area contributed by atoms with Crippen molar-refractivity contribution in [2.75, 3.05) is 18.5 Å². The van der Waals surface area contributed by atoms with Crippen LogP contribution in [0.4, 0.5) is 5.82 Å². The molecule has 1 aromatic heterocycles. The lowest BCUT2D eigenvalue weighted by molar-refractivity contribution is -0.116. The van der Waals surface area contributed by atoms with Crippen molar-refractivity contribution < 1.29 is 14.3 Å². The summed E-state index contributed by atoms with van der Waals surface area (Å²) in [6.45, 7) is 1.00. The summed E-state index contributed by atoms with van der Waals surface area (Å²) in [5.41, 5.74) is 4.79. The number of amidine groups is 1. The summed E-state index contributed by atoms with van der Waals surface area (Å²) in [5.74, 6) is 3.49. The molecule has 7 nitrogen and oxygen atoms in total. The molecule has 2 aromatic carbocycles. The van der Waals surface area contributed by atoms with Crippen LogP contribution in [0.25, 0.3) is 6.08 Å². The first-order valence-corrected chi connectivity index (χ1v) is 10.8. The number of aromatic nitrogens is 1. The lowest BCUT2D eigenvalue weighted by atomic mass is 10.0. The van der Waals surface area contributed by atoms with Gasteiger partial charge in [0.1, 0.15) is 29.7 Å². The van der Waals surface area contributed by atoms with Crippen molar-refractivity contribution in [2.24, 2.45) is 9.98 Å². The number of ether oxygens (including phenoxy) is 2. The van der Waals surface area contributed by atoms with E-state index >= 15 is 0 Å². The highest BCUT2D eigenvalue weighted by Crippen LogP contribution is 2.36. The zero-order valence-electron chi connectivity index (χ0n) is 17.7. The lowest BCUT2D eigenvalue weighted by Gasteiger charge is -2.20. The fourth-order valence-corrected chi connectivity index (χ4v) is 4.13. The number of rotatable bonds is 4. The van der Waals surface area contributed by atoms with E-state index in [-0.39, 0.29) is 5.91 Å². The molecule has 1 N–H and O–H groups in total. The fraction of sp³-hybridized carbons (Fsp3) is 0.154. The highest BCUT2D eigenvalue weighted by atomic mass is 16.5. The fourth-order valence-electron chi connectivity index (χ4n) is 4.13. The number of nitrogens with zero attached hydrogens (tertiary/aromatic N) is 3. The number of carbonyl (C=O) groups is 1. The van der Waals surface area contributed by atoms with Gasteiger partial charge in [-0.05, 0) is 36.8 Å². The number of hydrogen-bond acceptors (Lipinski definition) is 6. The summed E-state index contributed by atoms with van der Waals surface area (Å²) in [4.78, 5) is 25.3. The van der Waals surface area contributed by atoms with E-state index in [2.05, 4.69) is 21.4 Å². The summed E-state index contributed by atoms with van der Waals surface area (Å²) >= 11 is 0. The van der Waals surface area contributed by atoms with Gasteiger partial charge in [-0.25, -0.2) is 9.98 Å². The summed E-state index contributed by atoms with van der Waals surface area (Å²) < 4.78 is 12.2. The number of nitrogens with one attached hydrogen (secondary N) is 1. The quantitative estimate of drug-likeness (QED) is 0.655. The van der Waals surface area contributed by atoms with Crippen LogP contribution in [0.3, 0.4) is 0 Å². The minimum absolute atomic E-state index is 0.0232. The summed E-state index contributed by atoms with van der Waals surface area (Å²) in [6, 6.07) is 17.6. The van der Waals surface area contributed by atoms with Gasteiger partial charge in [0.05, 0.1) is 12.3 Å². The van der Waals surface area contributed by atoms with Gasteiger partial charge in [0.25, 0.3) is 0 Å². The molecule has 4 heterocycles. The van der Waals surface area contributed by atoms with Crippen molar-refractivity contribution in [3.63, 3.8) is 0 Å². The number of amides is 1. The standard InChI is InChI=1S/C26H20N4O3/c31-24-9-7-20-23(10-11-27-26(20)30-24)33-19-6-8-22-17(13-19)12-18(15-32-22)21-14-28-25(29-21)16-4-2-1-3-5-16/h1-6,8,10-13H,7,9,14-15H2,(H,27,30,31). The Morgan fingerprint density at radius 2 is 1.94 bits per heavy atom. The molecule has 3 aliphatic heterocycles. The smallest absolute Gasteiger partial charge is 0.225 e.